The van der Waals surface area contributed by atoms with Crippen LogP contribution in [0.25, 0.3) is 0 Å². The molecule has 1 aliphatic rings. The Morgan fingerprint density at radius 3 is 2.78 bits per heavy atom. The van der Waals surface area contributed by atoms with Gasteiger partial charge in [-0.15, -0.1) is 12.4 Å². The molecule has 1 heterocycles. The molecule has 3 rings (SSSR count). The summed E-state index contributed by atoms with van der Waals surface area (Å²) in [6.07, 6.45) is 0. The van der Waals surface area contributed by atoms with E-state index >= 15 is 0 Å². The fourth-order valence-electron chi connectivity index (χ4n) is 3.17. The Bertz CT molecular complexity index is 748. The van der Waals surface area contributed by atoms with Crippen LogP contribution in [0.4, 0.5) is 14.5 Å². The first-order valence-corrected chi connectivity index (χ1v) is 8.75. The highest BCUT2D eigenvalue weighted by molar-refractivity contribution is 5.85. The van der Waals surface area contributed by atoms with Crippen LogP contribution in [0.2, 0.25) is 0 Å². The molecule has 1 saturated heterocycles. The highest BCUT2D eigenvalue weighted by atomic mass is 35.5. The molecule has 2 atom stereocenters. The van der Waals surface area contributed by atoms with Gasteiger partial charge in [0.05, 0.1) is 26.4 Å². The van der Waals surface area contributed by atoms with Gasteiger partial charge in [0.1, 0.15) is 5.75 Å². The van der Waals surface area contributed by atoms with E-state index in [1.54, 1.807) is 13.2 Å². The summed E-state index contributed by atoms with van der Waals surface area (Å²) >= 11 is 0. The van der Waals surface area contributed by atoms with Crippen molar-refractivity contribution in [2.45, 2.75) is 19.0 Å². The number of anilines is 1. The summed E-state index contributed by atoms with van der Waals surface area (Å²) in [6.45, 7) is 4.50. The van der Waals surface area contributed by atoms with Crippen molar-refractivity contribution >= 4 is 18.1 Å². The fraction of sp³-hybridized carbons (Fsp3) is 0.400. The van der Waals surface area contributed by atoms with Gasteiger partial charge in [-0.3, -0.25) is 0 Å². The smallest absolute Gasteiger partial charge is 0.160 e. The van der Waals surface area contributed by atoms with Crippen LogP contribution >= 0.6 is 12.4 Å². The van der Waals surface area contributed by atoms with Crippen molar-refractivity contribution in [3.05, 3.63) is 59.7 Å². The van der Waals surface area contributed by atoms with Crippen LogP contribution in [0.5, 0.6) is 5.75 Å². The summed E-state index contributed by atoms with van der Waals surface area (Å²) in [6, 6.07) is 12.1. The number of hydrogen-bond donors (Lipinski definition) is 1. The minimum atomic E-state index is -0.830. The number of rotatable bonds is 6. The van der Waals surface area contributed by atoms with Crippen LogP contribution < -0.4 is 15.0 Å². The molecule has 148 valence electrons. The predicted molar refractivity (Wildman–Crippen MR) is 105 cm³/mol. The Kier molecular flexibility index (Phi) is 7.83. The maximum Gasteiger partial charge on any atom is 0.160 e. The Balaban J connectivity index is 0.00000261. The summed E-state index contributed by atoms with van der Waals surface area (Å²) in [5.74, 6) is -0.839. The Morgan fingerprint density at radius 2 is 2.04 bits per heavy atom. The lowest BCUT2D eigenvalue weighted by Gasteiger charge is -2.38. The standard InChI is InChI=1S/C20H24F2N2O2.ClH/c1-14(15-4-3-5-18(10-15)25-2)23-12-17-13-26-9-8-24(17)16-6-7-19(21)20(22)11-16;/h3-7,10-11,14,17,23H,8-9,12-13H2,1-2H3;1H. The van der Waals surface area contributed by atoms with Crippen molar-refractivity contribution in [1.29, 1.82) is 0 Å². The van der Waals surface area contributed by atoms with E-state index in [4.69, 9.17) is 9.47 Å². The molecule has 4 nitrogen and oxygen atoms in total. The number of nitrogens with zero attached hydrogens (tertiary/aromatic N) is 1. The van der Waals surface area contributed by atoms with Crippen LogP contribution in [0, 0.1) is 11.6 Å². The minimum absolute atomic E-state index is 0. The van der Waals surface area contributed by atoms with Crippen molar-refractivity contribution in [2.24, 2.45) is 0 Å². The Morgan fingerprint density at radius 1 is 1.22 bits per heavy atom. The number of methoxy groups -OCH3 is 1. The molecule has 2 aromatic rings. The second kappa shape index (κ2) is 9.88. The van der Waals surface area contributed by atoms with Gasteiger partial charge in [-0.05, 0) is 36.8 Å². The van der Waals surface area contributed by atoms with E-state index in [9.17, 15) is 8.78 Å². The van der Waals surface area contributed by atoms with Gasteiger partial charge in [-0.1, -0.05) is 12.1 Å². The van der Waals surface area contributed by atoms with Crippen molar-refractivity contribution in [1.82, 2.24) is 5.32 Å². The highest BCUT2D eigenvalue weighted by Gasteiger charge is 2.24. The average molecular weight is 399 g/mol. The summed E-state index contributed by atoms with van der Waals surface area (Å²) in [7, 11) is 1.65. The first kappa shape index (κ1) is 21.4. The first-order valence-electron chi connectivity index (χ1n) is 8.75. The maximum absolute atomic E-state index is 13.6. The van der Waals surface area contributed by atoms with E-state index < -0.39 is 11.6 Å². The van der Waals surface area contributed by atoms with Crippen LogP contribution in [0.3, 0.4) is 0 Å². The number of morpholine rings is 1. The number of halogens is 3. The van der Waals surface area contributed by atoms with Crippen molar-refractivity contribution in [2.75, 3.05) is 38.3 Å². The van der Waals surface area contributed by atoms with Crippen molar-refractivity contribution in [3.8, 4) is 5.75 Å². The molecule has 0 radical (unpaired) electrons. The summed E-state index contributed by atoms with van der Waals surface area (Å²) in [5.41, 5.74) is 1.80. The third kappa shape index (κ3) is 5.31. The zero-order valence-electron chi connectivity index (χ0n) is 15.5. The van der Waals surface area contributed by atoms with Crippen LogP contribution in [-0.4, -0.2) is 39.5 Å². The molecular formula is C20H25ClF2N2O2. The molecule has 7 heteroatoms. The molecule has 1 N–H and O–H groups in total. The monoisotopic (exact) mass is 398 g/mol. The predicted octanol–water partition coefficient (Wildman–Crippen LogP) is 3.95. The van der Waals surface area contributed by atoms with Gasteiger partial charge >= 0.3 is 0 Å². The molecule has 2 aromatic carbocycles. The lowest BCUT2D eigenvalue weighted by atomic mass is 10.1. The third-order valence-corrected chi connectivity index (χ3v) is 4.72. The molecule has 0 aliphatic carbocycles. The van der Waals surface area contributed by atoms with E-state index in [2.05, 4.69) is 17.1 Å². The van der Waals surface area contributed by atoms with Gasteiger partial charge < -0.3 is 19.7 Å². The van der Waals surface area contributed by atoms with Gasteiger partial charge in [0.25, 0.3) is 0 Å². The second-order valence-electron chi connectivity index (χ2n) is 6.43. The SMILES string of the molecule is COc1cccc(C(C)NCC2COCCN2c2ccc(F)c(F)c2)c1.Cl. The number of benzene rings is 2. The van der Waals surface area contributed by atoms with Crippen LogP contribution in [-0.2, 0) is 4.74 Å². The lowest BCUT2D eigenvalue weighted by Crippen LogP contribution is -2.51. The van der Waals surface area contributed by atoms with Crippen LogP contribution in [0.15, 0.2) is 42.5 Å². The van der Waals surface area contributed by atoms with Crippen molar-refractivity contribution in [3.63, 3.8) is 0 Å². The normalized spacial score (nSPS) is 17.9. The molecule has 2 unspecified atom stereocenters. The summed E-state index contributed by atoms with van der Waals surface area (Å²) < 4.78 is 37.7. The van der Waals surface area contributed by atoms with Gasteiger partial charge in [-0.25, -0.2) is 8.78 Å². The first-order chi connectivity index (χ1) is 12.6. The summed E-state index contributed by atoms with van der Waals surface area (Å²) in [4.78, 5) is 2.07. The molecule has 0 aromatic heterocycles. The zero-order valence-corrected chi connectivity index (χ0v) is 16.3. The van der Waals surface area contributed by atoms with Gasteiger partial charge in [-0.2, -0.15) is 0 Å². The van der Waals surface area contributed by atoms with E-state index in [-0.39, 0.29) is 24.5 Å². The molecule has 0 amide bonds. The van der Waals surface area contributed by atoms with E-state index in [0.717, 1.165) is 11.3 Å². The van der Waals surface area contributed by atoms with Crippen LogP contribution in [0.1, 0.15) is 18.5 Å². The largest absolute Gasteiger partial charge is 0.497 e. The van der Waals surface area contributed by atoms with E-state index in [0.29, 0.717) is 32.0 Å². The van der Waals surface area contributed by atoms with Crippen molar-refractivity contribution < 1.29 is 18.3 Å². The molecule has 27 heavy (non-hydrogen) atoms. The third-order valence-electron chi connectivity index (χ3n) is 4.72. The second-order valence-corrected chi connectivity index (χ2v) is 6.43. The number of ether oxygens (including phenoxy) is 2. The molecule has 1 fully saturated rings. The maximum atomic E-state index is 13.6. The molecule has 0 bridgehead atoms. The van der Waals surface area contributed by atoms with Gasteiger partial charge in [0.15, 0.2) is 11.6 Å². The topological polar surface area (TPSA) is 33.7 Å². The Labute approximate surface area is 164 Å². The number of hydrogen-bond acceptors (Lipinski definition) is 4. The highest BCUT2D eigenvalue weighted by Crippen LogP contribution is 2.23. The molecule has 0 spiro atoms. The minimum Gasteiger partial charge on any atom is -0.497 e. The van der Waals surface area contributed by atoms with E-state index in [1.165, 1.54) is 12.1 Å². The quantitative estimate of drug-likeness (QED) is 0.798. The lowest BCUT2D eigenvalue weighted by molar-refractivity contribution is 0.0930. The molecule has 0 saturated carbocycles. The average Bonchev–Trinajstić information content (AvgIpc) is 2.68. The summed E-state index contributed by atoms with van der Waals surface area (Å²) in [5, 5.41) is 3.50. The molecular weight excluding hydrogens is 374 g/mol. The van der Waals surface area contributed by atoms with Gasteiger partial charge in [0.2, 0.25) is 0 Å². The fourth-order valence-corrected chi connectivity index (χ4v) is 3.17. The molecule has 1 aliphatic heterocycles. The number of nitrogens with one attached hydrogen (secondary N) is 1. The Hall–Kier alpha value is -1.89. The van der Waals surface area contributed by atoms with Gasteiger partial charge in [0, 0.05) is 30.9 Å². The zero-order chi connectivity index (χ0) is 18.5. The van der Waals surface area contributed by atoms with E-state index in [1.807, 2.05) is 24.3 Å².